The van der Waals surface area contributed by atoms with E-state index in [-0.39, 0.29) is 0 Å². The van der Waals surface area contributed by atoms with E-state index in [4.69, 9.17) is 22.1 Å². The van der Waals surface area contributed by atoms with Crippen molar-refractivity contribution in [2.24, 2.45) is 5.73 Å². The lowest BCUT2D eigenvalue weighted by Gasteiger charge is -2.15. The molecule has 18 heavy (non-hydrogen) atoms. The summed E-state index contributed by atoms with van der Waals surface area (Å²) in [7, 11) is 0. The lowest BCUT2D eigenvalue weighted by Crippen LogP contribution is -2.25. The van der Waals surface area contributed by atoms with Crippen LogP contribution in [-0.2, 0) is 0 Å². The summed E-state index contributed by atoms with van der Waals surface area (Å²) in [6.45, 7) is 3.82. The van der Waals surface area contributed by atoms with Crippen LogP contribution in [0.25, 0.3) is 0 Å². The largest absolute Gasteiger partial charge is 0.491 e. The Bertz CT molecular complexity index is 431. The number of rotatable bonds is 5. The van der Waals surface area contributed by atoms with Crippen LogP contribution in [0.1, 0.15) is 23.2 Å². The van der Waals surface area contributed by atoms with E-state index in [9.17, 15) is 4.79 Å². The average molecular weight is 269 g/mol. The molecule has 1 aromatic carbocycles. The van der Waals surface area contributed by atoms with Gasteiger partial charge >= 0.3 is 0 Å². The summed E-state index contributed by atoms with van der Waals surface area (Å²) in [5, 5.41) is 0.424. The van der Waals surface area contributed by atoms with Gasteiger partial charge in [0.25, 0.3) is 0 Å². The van der Waals surface area contributed by atoms with Crippen molar-refractivity contribution in [2.45, 2.75) is 12.8 Å². The Hall–Kier alpha value is -1.26. The zero-order valence-electron chi connectivity index (χ0n) is 10.2. The fourth-order valence-corrected chi connectivity index (χ4v) is 2.30. The minimum Gasteiger partial charge on any atom is -0.491 e. The van der Waals surface area contributed by atoms with Crippen molar-refractivity contribution in [3.63, 3.8) is 0 Å². The Morgan fingerprint density at radius 1 is 1.39 bits per heavy atom. The second kappa shape index (κ2) is 6.07. The number of ether oxygens (including phenoxy) is 1. The summed E-state index contributed by atoms with van der Waals surface area (Å²) in [5.41, 5.74) is 5.57. The van der Waals surface area contributed by atoms with Crippen molar-refractivity contribution in [1.29, 1.82) is 0 Å². The number of likely N-dealkylation sites (tertiary alicyclic amines) is 1. The van der Waals surface area contributed by atoms with Crippen molar-refractivity contribution in [1.82, 2.24) is 4.90 Å². The van der Waals surface area contributed by atoms with Crippen LogP contribution in [0.3, 0.4) is 0 Å². The fraction of sp³-hybridized carbons (Fsp3) is 0.462. The Labute approximate surface area is 112 Å². The van der Waals surface area contributed by atoms with Crippen molar-refractivity contribution < 1.29 is 9.53 Å². The second-order valence-electron chi connectivity index (χ2n) is 4.41. The first-order valence-electron chi connectivity index (χ1n) is 6.11. The lowest BCUT2D eigenvalue weighted by atomic mass is 10.2. The van der Waals surface area contributed by atoms with Gasteiger partial charge in [-0.25, -0.2) is 0 Å². The lowest BCUT2D eigenvalue weighted by molar-refractivity contribution is 0.100. The molecule has 1 aliphatic rings. The third kappa shape index (κ3) is 3.37. The minimum absolute atomic E-state index is 0.395. The summed E-state index contributed by atoms with van der Waals surface area (Å²) in [4.78, 5) is 13.3. The minimum atomic E-state index is -0.486. The monoisotopic (exact) mass is 268 g/mol. The Morgan fingerprint density at radius 2 is 2.11 bits per heavy atom. The highest BCUT2D eigenvalue weighted by atomic mass is 35.5. The van der Waals surface area contributed by atoms with E-state index in [2.05, 4.69) is 4.90 Å². The van der Waals surface area contributed by atoms with Gasteiger partial charge in [-0.1, -0.05) is 11.6 Å². The zero-order valence-corrected chi connectivity index (χ0v) is 10.9. The van der Waals surface area contributed by atoms with E-state index in [1.807, 2.05) is 0 Å². The smallest absolute Gasteiger partial charge is 0.248 e. The van der Waals surface area contributed by atoms with Crippen LogP contribution in [0.2, 0.25) is 5.02 Å². The van der Waals surface area contributed by atoms with Gasteiger partial charge in [-0.3, -0.25) is 9.69 Å². The Kier molecular flexibility index (Phi) is 4.44. The second-order valence-corrected chi connectivity index (χ2v) is 4.81. The van der Waals surface area contributed by atoms with Crippen LogP contribution in [0.5, 0.6) is 5.75 Å². The normalized spacial score (nSPS) is 15.8. The molecular weight excluding hydrogens is 252 g/mol. The van der Waals surface area contributed by atoms with E-state index in [1.54, 1.807) is 12.1 Å². The van der Waals surface area contributed by atoms with Crippen molar-refractivity contribution in [2.75, 3.05) is 26.2 Å². The first kappa shape index (κ1) is 13.2. The standard InChI is InChI=1S/C13H17ClN2O2/c14-11-9-10(13(15)17)3-4-12(11)18-8-7-16-5-1-2-6-16/h3-4,9H,1-2,5-8H2,(H2,15,17). The number of nitrogens with two attached hydrogens (primary N) is 1. The average Bonchev–Trinajstić information content (AvgIpc) is 2.84. The molecule has 0 atom stereocenters. The third-order valence-corrected chi connectivity index (χ3v) is 3.38. The number of hydrogen-bond donors (Lipinski definition) is 1. The van der Waals surface area contributed by atoms with Gasteiger partial charge in [-0.15, -0.1) is 0 Å². The number of nitrogens with zero attached hydrogens (tertiary/aromatic N) is 1. The number of halogens is 1. The van der Waals surface area contributed by atoms with Gasteiger partial charge in [-0.2, -0.15) is 0 Å². The zero-order chi connectivity index (χ0) is 13.0. The molecule has 1 fully saturated rings. The van der Waals surface area contributed by atoms with E-state index in [1.165, 1.54) is 18.9 Å². The molecule has 0 saturated carbocycles. The van der Waals surface area contributed by atoms with Crippen molar-refractivity contribution in [3.05, 3.63) is 28.8 Å². The van der Waals surface area contributed by atoms with E-state index in [0.717, 1.165) is 19.6 Å². The van der Waals surface area contributed by atoms with E-state index in [0.29, 0.717) is 22.9 Å². The predicted molar refractivity (Wildman–Crippen MR) is 71.1 cm³/mol. The topological polar surface area (TPSA) is 55.6 Å². The summed E-state index contributed by atoms with van der Waals surface area (Å²) in [6.07, 6.45) is 2.54. The number of primary amides is 1. The van der Waals surface area contributed by atoms with Gasteiger partial charge in [-0.05, 0) is 44.1 Å². The molecule has 0 spiro atoms. The third-order valence-electron chi connectivity index (χ3n) is 3.08. The van der Waals surface area contributed by atoms with Gasteiger partial charge in [0, 0.05) is 12.1 Å². The number of carbonyl (C=O) groups is 1. The molecule has 2 N–H and O–H groups in total. The van der Waals surface area contributed by atoms with Crippen LogP contribution < -0.4 is 10.5 Å². The summed E-state index contributed by atoms with van der Waals surface area (Å²) in [5.74, 6) is 0.112. The van der Waals surface area contributed by atoms with Gasteiger partial charge in [0.15, 0.2) is 0 Å². The molecule has 1 saturated heterocycles. The quantitative estimate of drug-likeness (QED) is 0.888. The van der Waals surface area contributed by atoms with Gasteiger partial charge in [0.2, 0.25) is 5.91 Å². The molecule has 4 nitrogen and oxygen atoms in total. The molecule has 1 aromatic rings. The van der Waals surface area contributed by atoms with Crippen molar-refractivity contribution in [3.8, 4) is 5.75 Å². The Morgan fingerprint density at radius 3 is 2.72 bits per heavy atom. The van der Waals surface area contributed by atoms with Crippen LogP contribution in [0, 0.1) is 0 Å². The van der Waals surface area contributed by atoms with Crippen LogP contribution >= 0.6 is 11.6 Å². The van der Waals surface area contributed by atoms with E-state index >= 15 is 0 Å². The molecular formula is C13H17ClN2O2. The molecule has 2 rings (SSSR count). The fourth-order valence-electron chi connectivity index (χ4n) is 2.06. The molecule has 0 unspecified atom stereocenters. The molecule has 5 heteroatoms. The number of hydrogen-bond acceptors (Lipinski definition) is 3. The predicted octanol–water partition coefficient (Wildman–Crippen LogP) is 1.91. The Balaban J connectivity index is 1.87. The first-order chi connectivity index (χ1) is 8.66. The highest BCUT2D eigenvalue weighted by Gasteiger charge is 2.11. The van der Waals surface area contributed by atoms with Gasteiger partial charge in [0.05, 0.1) is 5.02 Å². The number of amides is 1. The maximum atomic E-state index is 11.0. The molecule has 98 valence electrons. The van der Waals surface area contributed by atoms with Crippen LogP contribution in [-0.4, -0.2) is 37.0 Å². The molecule has 0 aliphatic carbocycles. The molecule has 1 amide bonds. The van der Waals surface area contributed by atoms with Crippen LogP contribution in [0.4, 0.5) is 0 Å². The maximum absolute atomic E-state index is 11.0. The molecule has 0 aromatic heterocycles. The molecule has 1 aliphatic heterocycles. The van der Waals surface area contributed by atoms with Crippen molar-refractivity contribution >= 4 is 17.5 Å². The van der Waals surface area contributed by atoms with Gasteiger partial charge in [0.1, 0.15) is 12.4 Å². The number of carbonyl (C=O) groups excluding carboxylic acids is 1. The molecule has 1 heterocycles. The van der Waals surface area contributed by atoms with E-state index < -0.39 is 5.91 Å². The molecule has 0 bridgehead atoms. The summed E-state index contributed by atoms with van der Waals surface area (Å²) < 4.78 is 5.61. The molecule has 0 radical (unpaired) electrons. The summed E-state index contributed by atoms with van der Waals surface area (Å²) >= 11 is 6.02. The number of benzene rings is 1. The van der Waals surface area contributed by atoms with Gasteiger partial charge < -0.3 is 10.5 Å². The first-order valence-corrected chi connectivity index (χ1v) is 6.49. The highest BCUT2D eigenvalue weighted by molar-refractivity contribution is 6.32. The van der Waals surface area contributed by atoms with Crippen LogP contribution in [0.15, 0.2) is 18.2 Å². The maximum Gasteiger partial charge on any atom is 0.248 e. The highest BCUT2D eigenvalue weighted by Crippen LogP contribution is 2.25. The SMILES string of the molecule is NC(=O)c1ccc(OCCN2CCCC2)c(Cl)c1. The summed E-state index contributed by atoms with van der Waals surface area (Å²) in [6, 6.07) is 4.85.